The Balaban J connectivity index is 1.44. The lowest BCUT2D eigenvalue weighted by Gasteiger charge is -2.18. The maximum absolute atomic E-state index is 12.7. The number of halogens is 1. The third-order valence-electron chi connectivity index (χ3n) is 5.41. The molecule has 2 heterocycles. The lowest BCUT2D eigenvalue weighted by molar-refractivity contribution is -0.121. The number of carbonyl (C=O) groups is 1. The molecule has 0 bridgehead atoms. The van der Waals surface area contributed by atoms with Gasteiger partial charge < -0.3 is 19.4 Å². The fraction of sp³-hybridized carbons (Fsp3) is 0.208. The number of hydrogen-bond acceptors (Lipinski definition) is 3. The van der Waals surface area contributed by atoms with Crippen molar-refractivity contribution >= 4 is 28.5 Å². The smallest absolute Gasteiger partial charge is 0.316 e. The molecule has 7 nitrogen and oxygen atoms in total. The largest absolute Gasteiger partial charge is 0.354 e. The van der Waals surface area contributed by atoms with Crippen molar-refractivity contribution in [2.75, 3.05) is 6.54 Å². The molecule has 0 aliphatic heterocycles. The van der Waals surface area contributed by atoms with Crippen molar-refractivity contribution in [3.8, 4) is 0 Å². The molecule has 1 atom stereocenters. The summed E-state index contributed by atoms with van der Waals surface area (Å²) < 4.78 is 3.43. The van der Waals surface area contributed by atoms with E-state index in [4.69, 9.17) is 11.6 Å². The number of aromatic amines is 1. The number of nitrogens with one attached hydrogen (secondary N) is 2. The van der Waals surface area contributed by atoms with Gasteiger partial charge in [-0.3, -0.25) is 14.4 Å². The van der Waals surface area contributed by atoms with Crippen LogP contribution in [0.1, 0.15) is 17.9 Å². The Morgan fingerprint density at radius 2 is 1.72 bits per heavy atom. The molecular weight excluding hydrogens is 428 g/mol. The first-order chi connectivity index (χ1) is 15.5. The van der Waals surface area contributed by atoms with Crippen LogP contribution >= 0.6 is 11.6 Å². The lowest BCUT2D eigenvalue weighted by atomic mass is 9.95. The minimum absolute atomic E-state index is 0.0391. The molecule has 2 aromatic heterocycles. The van der Waals surface area contributed by atoms with Crippen molar-refractivity contribution in [1.82, 2.24) is 19.4 Å². The molecule has 8 heteroatoms. The van der Waals surface area contributed by atoms with Crippen molar-refractivity contribution in [3.05, 3.63) is 104 Å². The van der Waals surface area contributed by atoms with E-state index in [2.05, 4.69) is 10.3 Å². The molecule has 164 valence electrons. The van der Waals surface area contributed by atoms with Crippen molar-refractivity contribution in [2.24, 2.45) is 0 Å². The van der Waals surface area contributed by atoms with Crippen LogP contribution in [0, 0.1) is 0 Å². The zero-order valence-electron chi connectivity index (χ0n) is 17.3. The van der Waals surface area contributed by atoms with E-state index in [0.717, 1.165) is 5.56 Å². The molecule has 0 saturated carbocycles. The van der Waals surface area contributed by atoms with E-state index >= 15 is 0 Å². The molecule has 0 radical (unpaired) electrons. The van der Waals surface area contributed by atoms with E-state index in [1.807, 2.05) is 53.4 Å². The van der Waals surface area contributed by atoms with Crippen molar-refractivity contribution in [3.63, 3.8) is 0 Å². The number of H-pyrrole nitrogens is 1. The SMILES string of the molecule is O=C(CC(Cn1cccc1)c1ccc(Cl)cc1)NCCn1c(=O)c(=O)[nH]c2ccccc21. The predicted molar refractivity (Wildman–Crippen MR) is 125 cm³/mol. The van der Waals surface area contributed by atoms with Crippen molar-refractivity contribution < 1.29 is 4.79 Å². The summed E-state index contributed by atoms with van der Waals surface area (Å²) in [6.45, 7) is 1.10. The average Bonchev–Trinajstić information content (AvgIpc) is 3.30. The highest BCUT2D eigenvalue weighted by atomic mass is 35.5. The van der Waals surface area contributed by atoms with E-state index in [1.54, 1.807) is 24.3 Å². The van der Waals surface area contributed by atoms with Gasteiger partial charge in [-0.05, 0) is 42.0 Å². The van der Waals surface area contributed by atoms with Gasteiger partial charge in [-0.2, -0.15) is 0 Å². The monoisotopic (exact) mass is 450 g/mol. The highest BCUT2D eigenvalue weighted by molar-refractivity contribution is 6.30. The van der Waals surface area contributed by atoms with Gasteiger partial charge in [0, 0.05) is 49.4 Å². The third kappa shape index (κ3) is 5.00. The van der Waals surface area contributed by atoms with Gasteiger partial charge in [0.25, 0.3) is 0 Å². The lowest BCUT2D eigenvalue weighted by Crippen LogP contribution is -2.39. The summed E-state index contributed by atoms with van der Waals surface area (Å²) in [6.07, 6.45) is 4.21. The number of carbonyl (C=O) groups excluding carboxylic acids is 1. The van der Waals surface area contributed by atoms with Crippen LogP contribution < -0.4 is 16.4 Å². The van der Waals surface area contributed by atoms with Crippen molar-refractivity contribution in [2.45, 2.75) is 25.4 Å². The van der Waals surface area contributed by atoms with E-state index in [0.29, 0.717) is 22.6 Å². The Bertz CT molecular complexity index is 1320. The normalized spacial score (nSPS) is 12.0. The summed E-state index contributed by atoms with van der Waals surface area (Å²) in [7, 11) is 0. The number of aromatic nitrogens is 3. The number of benzene rings is 2. The number of nitrogens with zero attached hydrogens (tertiary/aromatic N) is 2. The maximum Gasteiger partial charge on any atom is 0.316 e. The highest BCUT2D eigenvalue weighted by Gasteiger charge is 2.17. The summed E-state index contributed by atoms with van der Waals surface area (Å²) in [5.41, 5.74) is 0.917. The molecule has 4 aromatic rings. The molecular formula is C24H23ClN4O3. The summed E-state index contributed by atoms with van der Waals surface area (Å²) in [4.78, 5) is 39.6. The van der Waals surface area contributed by atoms with Crippen LogP contribution in [0.4, 0.5) is 0 Å². The van der Waals surface area contributed by atoms with E-state index in [-0.39, 0.29) is 31.3 Å². The molecule has 1 amide bonds. The quantitative estimate of drug-likeness (QED) is 0.404. The maximum atomic E-state index is 12.7. The Hall–Kier alpha value is -3.58. The predicted octanol–water partition coefficient (Wildman–Crippen LogP) is 3.14. The number of rotatable bonds is 8. The molecule has 0 fully saturated rings. The molecule has 32 heavy (non-hydrogen) atoms. The van der Waals surface area contributed by atoms with Gasteiger partial charge in [0.2, 0.25) is 5.91 Å². The second-order valence-electron chi connectivity index (χ2n) is 7.61. The summed E-state index contributed by atoms with van der Waals surface area (Å²) in [5, 5.41) is 3.53. The second kappa shape index (κ2) is 9.70. The van der Waals surface area contributed by atoms with Crippen LogP contribution in [-0.2, 0) is 17.9 Å². The van der Waals surface area contributed by atoms with Gasteiger partial charge in [-0.25, -0.2) is 0 Å². The number of fused-ring (bicyclic) bond motifs is 1. The number of para-hydroxylation sites is 2. The average molecular weight is 451 g/mol. The fourth-order valence-electron chi connectivity index (χ4n) is 3.82. The number of hydrogen-bond donors (Lipinski definition) is 2. The first-order valence-corrected chi connectivity index (χ1v) is 10.7. The molecule has 1 unspecified atom stereocenters. The molecule has 0 aliphatic rings. The van der Waals surface area contributed by atoms with Crippen LogP contribution in [0.3, 0.4) is 0 Å². The van der Waals surface area contributed by atoms with Crippen LogP contribution in [-0.4, -0.2) is 26.6 Å². The third-order valence-corrected chi connectivity index (χ3v) is 5.66. The summed E-state index contributed by atoms with van der Waals surface area (Å²) >= 11 is 6.02. The molecule has 4 rings (SSSR count). The van der Waals surface area contributed by atoms with Crippen molar-refractivity contribution in [1.29, 1.82) is 0 Å². The molecule has 2 aromatic carbocycles. The van der Waals surface area contributed by atoms with Gasteiger partial charge >= 0.3 is 11.1 Å². The minimum Gasteiger partial charge on any atom is -0.354 e. The Labute approximate surface area is 189 Å². The Morgan fingerprint density at radius 1 is 1.00 bits per heavy atom. The molecule has 0 aliphatic carbocycles. The van der Waals surface area contributed by atoms with E-state index in [9.17, 15) is 14.4 Å². The zero-order valence-corrected chi connectivity index (χ0v) is 18.1. The topological polar surface area (TPSA) is 88.9 Å². The van der Waals surface area contributed by atoms with Gasteiger partial charge in [0.05, 0.1) is 11.0 Å². The first kappa shape index (κ1) is 21.6. The van der Waals surface area contributed by atoms with E-state index < -0.39 is 11.1 Å². The van der Waals surface area contributed by atoms with Gasteiger partial charge in [0.15, 0.2) is 0 Å². The fourth-order valence-corrected chi connectivity index (χ4v) is 3.94. The standard InChI is InChI=1S/C24H23ClN4O3/c25-19-9-7-17(8-10-19)18(16-28-12-3-4-13-28)15-22(30)26-11-14-29-21-6-2-1-5-20(21)27-23(31)24(29)32/h1-10,12-13,18H,11,14-16H2,(H,26,30)(H,27,31). The van der Waals surface area contributed by atoms with Gasteiger partial charge in [0.1, 0.15) is 0 Å². The first-order valence-electron chi connectivity index (χ1n) is 10.4. The van der Waals surface area contributed by atoms with Crippen LogP contribution in [0.5, 0.6) is 0 Å². The molecule has 0 saturated heterocycles. The minimum atomic E-state index is -0.676. The second-order valence-corrected chi connectivity index (χ2v) is 8.05. The van der Waals surface area contributed by atoms with Crippen LogP contribution in [0.25, 0.3) is 11.0 Å². The highest BCUT2D eigenvalue weighted by Crippen LogP contribution is 2.24. The number of amides is 1. The van der Waals surface area contributed by atoms with Crippen LogP contribution in [0.15, 0.2) is 82.6 Å². The van der Waals surface area contributed by atoms with Crippen LogP contribution in [0.2, 0.25) is 5.02 Å². The Kier molecular flexibility index (Phi) is 6.56. The zero-order chi connectivity index (χ0) is 22.5. The van der Waals surface area contributed by atoms with E-state index in [1.165, 1.54) is 4.57 Å². The van der Waals surface area contributed by atoms with Gasteiger partial charge in [-0.15, -0.1) is 0 Å². The van der Waals surface area contributed by atoms with Gasteiger partial charge in [-0.1, -0.05) is 35.9 Å². The molecule has 2 N–H and O–H groups in total. The summed E-state index contributed by atoms with van der Waals surface area (Å²) in [5.74, 6) is -0.165. The molecule has 0 spiro atoms. The summed E-state index contributed by atoms with van der Waals surface area (Å²) in [6, 6.07) is 18.5. The Morgan fingerprint density at radius 3 is 2.47 bits per heavy atom.